The zero-order valence-corrected chi connectivity index (χ0v) is 17.2. The summed E-state index contributed by atoms with van der Waals surface area (Å²) < 4.78 is 33.5. The van der Waals surface area contributed by atoms with Crippen LogP contribution in [0.4, 0.5) is 5.69 Å². The lowest BCUT2D eigenvalue weighted by Crippen LogP contribution is -2.39. The molecular formula is C21H26N2O4S. The minimum Gasteiger partial charge on any atom is -0.497 e. The van der Waals surface area contributed by atoms with Crippen LogP contribution in [0.5, 0.6) is 5.75 Å². The number of sulfonamides is 1. The van der Waals surface area contributed by atoms with E-state index in [0.29, 0.717) is 18.2 Å². The molecule has 0 heterocycles. The largest absolute Gasteiger partial charge is 0.497 e. The van der Waals surface area contributed by atoms with E-state index in [-0.39, 0.29) is 16.8 Å². The number of rotatable bonds is 8. The molecule has 1 saturated carbocycles. The van der Waals surface area contributed by atoms with Crippen molar-refractivity contribution in [1.82, 2.24) is 4.31 Å². The van der Waals surface area contributed by atoms with Gasteiger partial charge >= 0.3 is 0 Å². The van der Waals surface area contributed by atoms with Crippen LogP contribution in [0.25, 0.3) is 0 Å². The summed E-state index contributed by atoms with van der Waals surface area (Å²) in [5, 5.41) is 2.66. The highest BCUT2D eigenvalue weighted by molar-refractivity contribution is 7.89. The molecule has 1 aliphatic rings. The predicted octanol–water partition coefficient (Wildman–Crippen LogP) is 3.64. The summed E-state index contributed by atoms with van der Waals surface area (Å²) in [6.45, 7) is 3.69. The van der Waals surface area contributed by atoms with Gasteiger partial charge in [0.25, 0.3) is 0 Å². The highest BCUT2D eigenvalue weighted by Gasteiger charge is 2.38. The molecule has 1 fully saturated rings. The molecular weight excluding hydrogens is 376 g/mol. The van der Waals surface area contributed by atoms with Gasteiger partial charge < -0.3 is 10.1 Å². The zero-order chi connectivity index (χ0) is 20.3. The molecule has 0 saturated heterocycles. The number of ether oxygens (including phenoxy) is 1. The Balaban J connectivity index is 1.88. The molecule has 1 N–H and O–H groups in total. The number of carbonyl (C=O) groups is 1. The number of hydrogen-bond acceptors (Lipinski definition) is 4. The number of nitrogens with zero attached hydrogens (tertiary/aromatic N) is 1. The molecule has 3 rings (SSSR count). The SMILES string of the molecule is COc1ccc(CN(C(C)C2CC2)S(=O)(=O)c2ccc(NC(C)=O)cc2)cc1. The van der Waals surface area contributed by atoms with Crippen molar-refractivity contribution in [2.75, 3.05) is 12.4 Å². The maximum Gasteiger partial charge on any atom is 0.243 e. The number of anilines is 1. The van der Waals surface area contributed by atoms with Crippen LogP contribution in [0.15, 0.2) is 53.4 Å². The Morgan fingerprint density at radius 1 is 1.14 bits per heavy atom. The first-order chi connectivity index (χ1) is 13.3. The Kier molecular flexibility index (Phi) is 6.05. The second-order valence-electron chi connectivity index (χ2n) is 7.18. The third-order valence-electron chi connectivity index (χ3n) is 5.04. The van der Waals surface area contributed by atoms with E-state index in [2.05, 4.69) is 5.32 Å². The molecule has 28 heavy (non-hydrogen) atoms. The van der Waals surface area contributed by atoms with E-state index in [1.54, 1.807) is 35.7 Å². The van der Waals surface area contributed by atoms with Gasteiger partial charge in [0.1, 0.15) is 5.75 Å². The molecule has 6 nitrogen and oxygen atoms in total. The molecule has 0 aromatic heterocycles. The summed E-state index contributed by atoms with van der Waals surface area (Å²) in [5.41, 5.74) is 1.48. The van der Waals surface area contributed by atoms with E-state index >= 15 is 0 Å². The van der Waals surface area contributed by atoms with Crippen LogP contribution in [-0.4, -0.2) is 31.8 Å². The quantitative estimate of drug-likeness (QED) is 0.731. The van der Waals surface area contributed by atoms with Crippen LogP contribution in [0.3, 0.4) is 0 Å². The van der Waals surface area contributed by atoms with Crippen LogP contribution < -0.4 is 10.1 Å². The van der Waals surface area contributed by atoms with Gasteiger partial charge in [-0.1, -0.05) is 12.1 Å². The topological polar surface area (TPSA) is 75.7 Å². The second-order valence-corrected chi connectivity index (χ2v) is 9.07. The molecule has 2 aromatic rings. The van der Waals surface area contributed by atoms with Crippen LogP contribution >= 0.6 is 0 Å². The molecule has 0 aliphatic heterocycles. The van der Waals surface area contributed by atoms with Gasteiger partial charge in [0.15, 0.2) is 0 Å². The fourth-order valence-corrected chi connectivity index (χ4v) is 4.90. The van der Waals surface area contributed by atoms with Crippen molar-refractivity contribution in [3.8, 4) is 5.75 Å². The van der Waals surface area contributed by atoms with E-state index in [1.807, 2.05) is 31.2 Å². The number of carbonyl (C=O) groups excluding carboxylic acids is 1. The lowest BCUT2D eigenvalue weighted by Gasteiger charge is -2.29. The van der Waals surface area contributed by atoms with Gasteiger partial charge in [-0.2, -0.15) is 4.31 Å². The van der Waals surface area contributed by atoms with Crippen molar-refractivity contribution in [3.63, 3.8) is 0 Å². The Bertz CT molecular complexity index is 920. The molecule has 150 valence electrons. The number of hydrogen-bond donors (Lipinski definition) is 1. The fourth-order valence-electron chi connectivity index (χ4n) is 3.22. The van der Waals surface area contributed by atoms with Crippen molar-refractivity contribution >= 4 is 21.6 Å². The highest BCUT2D eigenvalue weighted by atomic mass is 32.2. The standard InChI is InChI=1S/C21H26N2O4S/c1-15(18-6-7-18)23(14-17-4-10-20(27-3)11-5-17)28(25,26)21-12-8-19(9-13-21)22-16(2)24/h4-5,8-13,15,18H,6-7,14H2,1-3H3,(H,22,24). The fraction of sp³-hybridized carbons (Fsp3) is 0.381. The van der Waals surface area contributed by atoms with Gasteiger partial charge in [0, 0.05) is 25.2 Å². The van der Waals surface area contributed by atoms with E-state index in [1.165, 1.54) is 6.92 Å². The van der Waals surface area contributed by atoms with Crippen molar-refractivity contribution < 1.29 is 17.9 Å². The average Bonchev–Trinajstić information content (AvgIpc) is 3.51. The first kappa shape index (κ1) is 20.4. The minimum atomic E-state index is -3.68. The molecule has 7 heteroatoms. The second kappa shape index (κ2) is 8.32. The summed E-state index contributed by atoms with van der Waals surface area (Å²) in [4.78, 5) is 11.4. The van der Waals surface area contributed by atoms with Crippen LogP contribution in [-0.2, 0) is 21.4 Å². The minimum absolute atomic E-state index is 0.0814. The summed E-state index contributed by atoms with van der Waals surface area (Å²) in [5.74, 6) is 0.938. The van der Waals surface area contributed by atoms with E-state index in [4.69, 9.17) is 4.74 Å². The van der Waals surface area contributed by atoms with Gasteiger partial charge in [0.05, 0.1) is 12.0 Å². The van der Waals surface area contributed by atoms with Gasteiger partial charge in [-0.3, -0.25) is 4.79 Å². The monoisotopic (exact) mass is 402 g/mol. The maximum atomic E-state index is 13.4. The summed E-state index contributed by atoms with van der Waals surface area (Å²) >= 11 is 0. The van der Waals surface area contributed by atoms with Gasteiger partial charge in [-0.15, -0.1) is 0 Å². The number of methoxy groups -OCH3 is 1. The number of amides is 1. The first-order valence-electron chi connectivity index (χ1n) is 9.33. The normalized spacial score (nSPS) is 15.3. The van der Waals surface area contributed by atoms with Gasteiger partial charge in [0.2, 0.25) is 15.9 Å². The summed E-state index contributed by atoms with van der Waals surface area (Å²) in [6.07, 6.45) is 2.11. The van der Waals surface area contributed by atoms with E-state index in [9.17, 15) is 13.2 Å². The molecule has 1 unspecified atom stereocenters. The molecule has 1 atom stereocenters. The van der Waals surface area contributed by atoms with Gasteiger partial charge in [-0.05, 0) is 67.6 Å². The molecule has 1 aliphatic carbocycles. The third kappa shape index (κ3) is 4.72. The van der Waals surface area contributed by atoms with Crippen LogP contribution in [0.1, 0.15) is 32.3 Å². The zero-order valence-electron chi connectivity index (χ0n) is 16.4. The first-order valence-corrected chi connectivity index (χ1v) is 10.8. The highest BCUT2D eigenvalue weighted by Crippen LogP contribution is 2.38. The molecule has 0 spiro atoms. The van der Waals surface area contributed by atoms with Crippen LogP contribution in [0.2, 0.25) is 0 Å². The van der Waals surface area contributed by atoms with Crippen LogP contribution in [0, 0.1) is 5.92 Å². The Hall–Kier alpha value is -2.38. The Labute approximate surface area is 166 Å². The van der Waals surface area contributed by atoms with E-state index in [0.717, 1.165) is 24.2 Å². The van der Waals surface area contributed by atoms with Crippen molar-refractivity contribution in [3.05, 3.63) is 54.1 Å². The average molecular weight is 403 g/mol. The smallest absolute Gasteiger partial charge is 0.243 e. The maximum absolute atomic E-state index is 13.4. The van der Waals surface area contributed by atoms with E-state index < -0.39 is 10.0 Å². The summed E-state index contributed by atoms with van der Waals surface area (Å²) in [7, 11) is -2.07. The predicted molar refractivity (Wildman–Crippen MR) is 109 cm³/mol. The summed E-state index contributed by atoms with van der Waals surface area (Å²) in [6, 6.07) is 13.7. The lowest BCUT2D eigenvalue weighted by atomic mass is 10.1. The number of nitrogens with one attached hydrogen (secondary N) is 1. The Morgan fingerprint density at radius 2 is 1.75 bits per heavy atom. The Morgan fingerprint density at radius 3 is 2.25 bits per heavy atom. The molecule has 1 amide bonds. The third-order valence-corrected chi connectivity index (χ3v) is 6.98. The molecule has 2 aromatic carbocycles. The molecule has 0 radical (unpaired) electrons. The van der Waals surface area contributed by atoms with Crippen molar-refractivity contribution in [2.45, 2.75) is 44.2 Å². The van der Waals surface area contributed by atoms with Crippen molar-refractivity contribution in [1.29, 1.82) is 0 Å². The lowest BCUT2D eigenvalue weighted by molar-refractivity contribution is -0.114. The van der Waals surface area contributed by atoms with Gasteiger partial charge in [-0.25, -0.2) is 8.42 Å². The number of benzene rings is 2. The molecule has 0 bridgehead atoms. The van der Waals surface area contributed by atoms with Crippen molar-refractivity contribution in [2.24, 2.45) is 5.92 Å².